The Morgan fingerprint density at radius 2 is 1.74 bits per heavy atom. The van der Waals surface area contributed by atoms with E-state index in [2.05, 4.69) is 32.9 Å². The number of carbonyl (C=O) groups is 1. The molecular weight excluding hydrogens is 232 g/mol. The van der Waals surface area contributed by atoms with Crippen molar-refractivity contribution in [2.75, 3.05) is 0 Å². The van der Waals surface area contributed by atoms with Gasteiger partial charge in [0, 0.05) is 11.0 Å². The summed E-state index contributed by atoms with van der Waals surface area (Å²) in [6.07, 6.45) is 3.19. The molecule has 1 heteroatoms. The topological polar surface area (TPSA) is 17.1 Å². The van der Waals surface area contributed by atoms with Crippen LogP contribution in [0.3, 0.4) is 0 Å². The summed E-state index contributed by atoms with van der Waals surface area (Å²) in [7, 11) is 0. The smallest absolute Gasteiger partial charge is 0.168 e. The third-order valence-corrected chi connectivity index (χ3v) is 3.78. The molecule has 0 radical (unpaired) electrons. The molecule has 0 aliphatic carbocycles. The largest absolute Gasteiger partial charge is 0.294 e. The van der Waals surface area contributed by atoms with Gasteiger partial charge in [0.25, 0.3) is 0 Å². The van der Waals surface area contributed by atoms with Crippen molar-refractivity contribution in [2.45, 2.75) is 40.0 Å². The number of Topliss-reactive ketones (excluding diaryl/α,β-unsaturated/α-hetero) is 1. The Morgan fingerprint density at radius 1 is 1.05 bits per heavy atom. The first-order valence-electron chi connectivity index (χ1n) is 7.08. The van der Waals surface area contributed by atoms with Gasteiger partial charge in [-0.25, -0.2) is 0 Å². The van der Waals surface area contributed by atoms with Crippen molar-refractivity contribution in [2.24, 2.45) is 5.41 Å². The van der Waals surface area contributed by atoms with Crippen LogP contribution in [0.2, 0.25) is 0 Å². The molecule has 100 valence electrons. The van der Waals surface area contributed by atoms with Crippen molar-refractivity contribution in [1.29, 1.82) is 0 Å². The number of hydrogen-bond acceptors (Lipinski definition) is 1. The van der Waals surface area contributed by atoms with Crippen LogP contribution in [0.15, 0.2) is 42.5 Å². The van der Waals surface area contributed by atoms with Crippen LogP contribution in [0.1, 0.15) is 50.4 Å². The van der Waals surface area contributed by atoms with E-state index < -0.39 is 0 Å². The van der Waals surface area contributed by atoms with Crippen LogP contribution >= 0.6 is 0 Å². The first-order chi connectivity index (χ1) is 9.04. The number of rotatable bonds is 5. The second kappa shape index (κ2) is 5.56. The summed E-state index contributed by atoms with van der Waals surface area (Å²) < 4.78 is 0. The third kappa shape index (κ3) is 3.04. The van der Waals surface area contributed by atoms with Crippen LogP contribution in [0.5, 0.6) is 0 Å². The van der Waals surface area contributed by atoms with Crippen LogP contribution in [-0.4, -0.2) is 5.78 Å². The fraction of sp³-hybridized carbons (Fsp3) is 0.389. The lowest BCUT2D eigenvalue weighted by atomic mass is 9.79. The molecule has 2 aromatic carbocycles. The lowest BCUT2D eigenvalue weighted by Crippen LogP contribution is -2.24. The Labute approximate surface area is 115 Å². The van der Waals surface area contributed by atoms with Crippen molar-refractivity contribution >= 4 is 16.6 Å². The Bertz CT molecular complexity index is 581. The van der Waals surface area contributed by atoms with E-state index in [9.17, 15) is 4.79 Å². The summed E-state index contributed by atoms with van der Waals surface area (Å²) in [5.74, 6) is 0.256. The first-order valence-corrected chi connectivity index (χ1v) is 7.08. The van der Waals surface area contributed by atoms with E-state index in [1.165, 1.54) is 5.39 Å². The molecule has 19 heavy (non-hydrogen) atoms. The summed E-state index contributed by atoms with van der Waals surface area (Å²) in [6.45, 7) is 6.27. The van der Waals surface area contributed by atoms with Crippen molar-refractivity contribution < 1.29 is 4.79 Å². The summed E-state index contributed by atoms with van der Waals surface area (Å²) in [5.41, 5.74) is 0.568. The molecule has 0 unspecified atom stereocenters. The maximum absolute atomic E-state index is 12.6. The molecule has 0 aliphatic rings. The van der Waals surface area contributed by atoms with Gasteiger partial charge in [-0.05, 0) is 23.3 Å². The molecule has 0 heterocycles. The van der Waals surface area contributed by atoms with E-state index >= 15 is 0 Å². The molecule has 2 aromatic rings. The van der Waals surface area contributed by atoms with Gasteiger partial charge >= 0.3 is 0 Å². The molecule has 0 atom stereocenters. The molecule has 0 amide bonds. The van der Waals surface area contributed by atoms with Crippen LogP contribution in [0, 0.1) is 5.41 Å². The maximum atomic E-state index is 12.6. The van der Waals surface area contributed by atoms with E-state index in [-0.39, 0.29) is 11.2 Å². The molecule has 0 bridgehead atoms. The maximum Gasteiger partial charge on any atom is 0.168 e. The summed E-state index contributed by atoms with van der Waals surface area (Å²) >= 11 is 0. The summed E-state index contributed by atoms with van der Waals surface area (Å²) in [5, 5.41) is 2.32. The lowest BCUT2D eigenvalue weighted by Gasteiger charge is -2.23. The summed E-state index contributed by atoms with van der Waals surface area (Å²) in [6, 6.07) is 14.2. The highest BCUT2D eigenvalue weighted by Crippen LogP contribution is 2.29. The number of fused-ring (bicyclic) bond motifs is 1. The molecule has 0 N–H and O–H groups in total. The van der Waals surface area contributed by atoms with Crippen LogP contribution < -0.4 is 0 Å². The number of carbonyl (C=O) groups excluding carboxylic acids is 1. The zero-order valence-electron chi connectivity index (χ0n) is 12.1. The molecule has 0 spiro atoms. The van der Waals surface area contributed by atoms with E-state index in [0.717, 1.165) is 30.2 Å². The van der Waals surface area contributed by atoms with Gasteiger partial charge in [-0.3, -0.25) is 4.79 Å². The van der Waals surface area contributed by atoms with Crippen LogP contribution in [0.25, 0.3) is 10.8 Å². The molecule has 0 saturated carbocycles. The van der Waals surface area contributed by atoms with Gasteiger partial charge in [0.2, 0.25) is 0 Å². The van der Waals surface area contributed by atoms with Gasteiger partial charge in [-0.15, -0.1) is 0 Å². The lowest BCUT2D eigenvalue weighted by molar-refractivity contribution is 0.0823. The van der Waals surface area contributed by atoms with Crippen molar-refractivity contribution in [3.8, 4) is 0 Å². The van der Waals surface area contributed by atoms with Crippen molar-refractivity contribution in [3.63, 3.8) is 0 Å². The predicted octanol–water partition coefficient (Wildman–Crippen LogP) is 5.24. The number of benzene rings is 2. The monoisotopic (exact) mass is 254 g/mol. The number of hydrogen-bond donors (Lipinski definition) is 0. The molecule has 2 rings (SSSR count). The zero-order chi connectivity index (χ0) is 13.9. The normalized spacial score (nSPS) is 11.7. The van der Waals surface area contributed by atoms with Gasteiger partial charge in [0.1, 0.15) is 0 Å². The minimum absolute atomic E-state index is 0.256. The highest BCUT2D eigenvalue weighted by atomic mass is 16.1. The van der Waals surface area contributed by atoms with Gasteiger partial charge in [0.15, 0.2) is 5.78 Å². The van der Waals surface area contributed by atoms with Crippen molar-refractivity contribution in [1.82, 2.24) is 0 Å². The fourth-order valence-electron chi connectivity index (χ4n) is 2.45. The second-order valence-corrected chi connectivity index (χ2v) is 5.88. The van der Waals surface area contributed by atoms with Crippen molar-refractivity contribution in [3.05, 3.63) is 48.0 Å². The Hall–Kier alpha value is -1.63. The standard InChI is InChI=1S/C18H22O/c1-4-5-12-18(2,3)17(19)16-11-10-14-8-6-7-9-15(14)13-16/h6-11,13H,4-5,12H2,1-3H3. The first kappa shape index (κ1) is 13.8. The van der Waals surface area contributed by atoms with Gasteiger partial charge in [-0.1, -0.05) is 70.0 Å². The molecular formula is C18H22O. The molecule has 0 saturated heterocycles. The Morgan fingerprint density at radius 3 is 2.42 bits per heavy atom. The SMILES string of the molecule is CCCCC(C)(C)C(=O)c1ccc2ccccc2c1. The Kier molecular flexibility index (Phi) is 4.04. The minimum Gasteiger partial charge on any atom is -0.294 e. The molecule has 0 aromatic heterocycles. The van der Waals surface area contributed by atoms with E-state index in [0.29, 0.717) is 0 Å². The van der Waals surface area contributed by atoms with Crippen LogP contribution in [-0.2, 0) is 0 Å². The third-order valence-electron chi connectivity index (χ3n) is 3.78. The highest BCUT2D eigenvalue weighted by molar-refractivity contribution is 6.03. The fourth-order valence-corrected chi connectivity index (χ4v) is 2.45. The van der Waals surface area contributed by atoms with Gasteiger partial charge < -0.3 is 0 Å². The quantitative estimate of drug-likeness (QED) is 0.667. The average Bonchev–Trinajstić information content (AvgIpc) is 2.44. The molecule has 0 aliphatic heterocycles. The molecule has 1 nitrogen and oxygen atoms in total. The van der Waals surface area contributed by atoms with E-state index in [4.69, 9.17) is 0 Å². The Balaban J connectivity index is 2.30. The van der Waals surface area contributed by atoms with E-state index in [1.807, 2.05) is 30.3 Å². The average molecular weight is 254 g/mol. The van der Waals surface area contributed by atoms with E-state index in [1.54, 1.807) is 0 Å². The van der Waals surface area contributed by atoms with Gasteiger partial charge in [-0.2, -0.15) is 0 Å². The van der Waals surface area contributed by atoms with Gasteiger partial charge in [0.05, 0.1) is 0 Å². The number of ketones is 1. The zero-order valence-corrected chi connectivity index (χ0v) is 12.1. The minimum atomic E-state index is -0.265. The van der Waals surface area contributed by atoms with Crippen LogP contribution in [0.4, 0.5) is 0 Å². The summed E-state index contributed by atoms with van der Waals surface area (Å²) in [4.78, 5) is 12.6. The predicted molar refractivity (Wildman–Crippen MR) is 81.6 cm³/mol. The highest BCUT2D eigenvalue weighted by Gasteiger charge is 2.27. The molecule has 0 fully saturated rings. The number of unbranched alkanes of at least 4 members (excludes halogenated alkanes) is 1. The second-order valence-electron chi connectivity index (χ2n) is 5.88.